The van der Waals surface area contributed by atoms with Crippen molar-refractivity contribution in [2.45, 2.75) is 19.5 Å². The zero-order valence-corrected chi connectivity index (χ0v) is 8.75. The number of fused-ring (bicyclic) bond motifs is 1. The lowest BCUT2D eigenvalue weighted by molar-refractivity contribution is 0.0992. The van der Waals surface area contributed by atoms with Crippen molar-refractivity contribution in [2.24, 2.45) is 5.73 Å². The molecule has 0 radical (unpaired) electrons. The summed E-state index contributed by atoms with van der Waals surface area (Å²) in [6.07, 6.45) is -0.972. The van der Waals surface area contributed by atoms with E-state index < -0.39 is 12.0 Å². The molecule has 1 aromatic rings. The van der Waals surface area contributed by atoms with Crippen molar-refractivity contribution in [3.63, 3.8) is 0 Å². The van der Waals surface area contributed by atoms with Crippen molar-refractivity contribution in [1.82, 2.24) is 14.7 Å². The molecule has 2 heterocycles. The van der Waals surface area contributed by atoms with Gasteiger partial charge in [0.1, 0.15) is 5.69 Å². The van der Waals surface area contributed by atoms with Crippen LogP contribution in [-0.2, 0) is 6.54 Å². The summed E-state index contributed by atoms with van der Waals surface area (Å²) in [5, 5.41) is 12.9. The largest absolute Gasteiger partial charge is 0.465 e. The van der Waals surface area contributed by atoms with Crippen LogP contribution in [0.15, 0.2) is 6.07 Å². The van der Waals surface area contributed by atoms with Crippen LogP contribution in [0.1, 0.15) is 29.1 Å². The Morgan fingerprint density at radius 2 is 2.31 bits per heavy atom. The number of carbonyl (C=O) groups excluding carboxylic acids is 1. The molecule has 0 bridgehead atoms. The highest BCUT2D eigenvalue weighted by Crippen LogP contribution is 2.21. The van der Waals surface area contributed by atoms with E-state index in [4.69, 9.17) is 10.8 Å². The SMILES string of the molecule is C[C@@H]1CN(C(=O)O)Cc2cc(C(N)=O)nn21. The van der Waals surface area contributed by atoms with Gasteiger partial charge in [-0.1, -0.05) is 0 Å². The molecule has 2 rings (SSSR count). The predicted octanol–water partition coefficient (Wildman–Crippen LogP) is 0.0366. The molecule has 0 unspecified atom stereocenters. The van der Waals surface area contributed by atoms with Gasteiger partial charge in [-0.2, -0.15) is 5.10 Å². The summed E-state index contributed by atoms with van der Waals surface area (Å²) in [5.74, 6) is -0.601. The summed E-state index contributed by atoms with van der Waals surface area (Å²) < 4.78 is 1.65. The Hall–Kier alpha value is -2.05. The molecule has 16 heavy (non-hydrogen) atoms. The number of aromatic nitrogens is 2. The molecule has 0 fully saturated rings. The van der Waals surface area contributed by atoms with Gasteiger partial charge in [-0.3, -0.25) is 9.48 Å². The molecule has 1 aromatic heterocycles. The van der Waals surface area contributed by atoms with Crippen LogP contribution in [0.25, 0.3) is 0 Å². The number of carbonyl (C=O) groups is 2. The molecule has 1 aliphatic rings. The summed E-state index contributed by atoms with van der Waals surface area (Å²) >= 11 is 0. The van der Waals surface area contributed by atoms with Gasteiger partial charge < -0.3 is 15.7 Å². The van der Waals surface area contributed by atoms with Crippen LogP contribution in [0.5, 0.6) is 0 Å². The summed E-state index contributed by atoms with van der Waals surface area (Å²) in [4.78, 5) is 23.1. The number of carboxylic acid groups (broad SMARTS) is 1. The van der Waals surface area contributed by atoms with Crippen molar-refractivity contribution in [1.29, 1.82) is 0 Å². The number of hydrogen-bond donors (Lipinski definition) is 2. The van der Waals surface area contributed by atoms with E-state index in [1.165, 1.54) is 11.0 Å². The van der Waals surface area contributed by atoms with Gasteiger partial charge in [-0.05, 0) is 13.0 Å². The molecule has 0 saturated heterocycles. The molecule has 7 nitrogen and oxygen atoms in total. The monoisotopic (exact) mass is 224 g/mol. The molecule has 0 spiro atoms. The first-order valence-corrected chi connectivity index (χ1v) is 4.85. The second-order valence-electron chi connectivity index (χ2n) is 3.84. The molecule has 86 valence electrons. The summed E-state index contributed by atoms with van der Waals surface area (Å²) in [5.41, 5.74) is 5.99. The first kappa shape index (κ1) is 10.5. The van der Waals surface area contributed by atoms with Crippen molar-refractivity contribution < 1.29 is 14.7 Å². The minimum atomic E-state index is -0.972. The van der Waals surface area contributed by atoms with Crippen molar-refractivity contribution in [3.05, 3.63) is 17.5 Å². The Kier molecular flexibility index (Phi) is 2.30. The maximum absolute atomic E-state index is 11.0. The van der Waals surface area contributed by atoms with Gasteiger partial charge in [0.2, 0.25) is 0 Å². The van der Waals surface area contributed by atoms with E-state index in [1.807, 2.05) is 6.92 Å². The normalized spacial score (nSPS) is 19.3. The maximum atomic E-state index is 11.0. The van der Waals surface area contributed by atoms with Gasteiger partial charge in [0.15, 0.2) is 0 Å². The van der Waals surface area contributed by atoms with Crippen LogP contribution >= 0.6 is 0 Å². The van der Waals surface area contributed by atoms with Gasteiger partial charge in [0.25, 0.3) is 5.91 Å². The van der Waals surface area contributed by atoms with Crippen LogP contribution in [-0.4, -0.2) is 38.3 Å². The van der Waals surface area contributed by atoms with E-state index in [0.29, 0.717) is 12.2 Å². The van der Waals surface area contributed by atoms with Gasteiger partial charge >= 0.3 is 6.09 Å². The molecule has 1 atom stereocenters. The Balaban J connectivity index is 2.35. The van der Waals surface area contributed by atoms with Gasteiger partial charge in [0, 0.05) is 6.54 Å². The third-order valence-electron chi connectivity index (χ3n) is 2.59. The molecule has 7 heteroatoms. The molecule has 0 aromatic carbocycles. The topological polar surface area (TPSA) is 101 Å². The zero-order chi connectivity index (χ0) is 11.9. The fraction of sp³-hybridized carbons (Fsp3) is 0.444. The standard InChI is InChI=1S/C9H12N4O3/c1-5-3-12(9(15)16)4-6-2-7(8(10)14)11-13(5)6/h2,5H,3-4H2,1H3,(H2,10,14)(H,15,16)/t5-/m1/s1. The summed E-state index contributed by atoms with van der Waals surface area (Å²) in [6, 6.07) is 1.45. The van der Waals surface area contributed by atoms with Gasteiger partial charge in [-0.15, -0.1) is 0 Å². The van der Waals surface area contributed by atoms with Crippen molar-refractivity contribution >= 4 is 12.0 Å². The number of hydrogen-bond acceptors (Lipinski definition) is 3. The van der Waals surface area contributed by atoms with Crippen LogP contribution in [0.3, 0.4) is 0 Å². The molecule has 0 aliphatic carbocycles. The highest BCUT2D eigenvalue weighted by molar-refractivity contribution is 5.90. The predicted molar refractivity (Wildman–Crippen MR) is 53.9 cm³/mol. The third-order valence-corrected chi connectivity index (χ3v) is 2.59. The Morgan fingerprint density at radius 3 is 2.88 bits per heavy atom. The fourth-order valence-electron chi connectivity index (χ4n) is 1.86. The van der Waals surface area contributed by atoms with E-state index >= 15 is 0 Å². The molecule has 2 amide bonds. The first-order valence-electron chi connectivity index (χ1n) is 4.85. The lowest BCUT2D eigenvalue weighted by Gasteiger charge is -2.29. The van der Waals surface area contributed by atoms with Gasteiger partial charge in [0.05, 0.1) is 18.3 Å². The Morgan fingerprint density at radius 1 is 1.62 bits per heavy atom. The minimum absolute atomic E-state index is 0.0899. The lowest BCUT2D eigenvalue weighted by atomic mass is 10.2. The number of rotatable bonds is 1. The van der Waals surface area contributed by atoms with Crippen molar-refractivity contribution in [2.75, 3.05) is 6.54 Å². The van der Waals surface area contributed by atoms with Gasteiger partial charge in [-0.25, -0.2) is 4.79 Å². The van der Waals surface area contributed by atoms with E-state index in [0.717, 1.165) is 0 Å². The van der Waals surface area contributed by atoms with E-state index in [1.54, 1.807) is 4.68 Å². The highest BCUT2D eigenvalue weighted by Gasteiger charge is 2.27. The highest BCUT2D eigenvalue weighted by atomic mass is 16.4. The van der Waals surface area contributed by atoms with E-state index in [9.17, 15) is 9.59 Å². The van der Waals surface area contributed by atoms with Crippen molar-refractivity contribution in [3.8, 4) is 0 Å². The summed E-state index contributed by atoms with van der Waals surface area (Å²) in [6.45, 7) is 2.44. The van der Waals surface area contributed by atoms with E-state index in [-0.39, 0.29) is 18.3 Å². The maximum Gasteiger partial charge on any atom is 0.407 e. The lowest BCUT2D eigenvalue weighted by Crippen LogP contribution is -2.39. The minimum Gasteiger partial charge on any atom is -0.465 e. The second kappa shape index (κ2) is 3.51. The Bertz CT molecular complexity index is 454. The third kappa shape index (κ3) is 1.60. The number of amides is 2. The number of nitrogens with two attached hydrogens (primary N) is 1. The molecule has 3 N–H and O–H groups in total. The first-order chi connectivity index (χ1) is 7.49. The smallest absolute Gasteiger partial charge is 0.407 e. The molecule has 1 aliphatic heterocycles. The molecular formula is C9H12N4O3. The number of primary amides is 1. The molecule has 0 saturated carbocycles. The quantitative estimate of drug-likeness (QED) is 0.702. The summed E-state index contributed by atoms with van der Waals surface area (Å²) in [7, 11) is 0. The molecular weight excluding hydrogens is 212 g/mol. The van der Waals surface area contributed by atoms with Crippen LogP contribution in [0, 0.1) is 0 Å². The number of nitrogens with zero attached hydrogens (tertiary/aromatic N) is 3. The fourth-order valence-corrected chi connectivity index (χ4v) is 1.86. The van der Waals surface area contributed by atoms with Crippen LogP contribution < -0.4 is 5.73 Å². The average molecular weight is 224 g/mol. The van der Waals surface area contributed by atoms with E-state index in [2.05, 4.69) is 5.10 Å². The van der Waals surface area contributed by atoms with Crippen LogP contribution in [0.2, 0.25) is 0 Å². The second-order valence-corrected chi connectivity index (χ2v) is 3.84. The van der Waals surface area contributed by atoms with Crippen LogP contribution in [0.4, 0.5) is 4.79 Å². The zero-order valence-electron chi connectivity index (χ0n) is 8.75. The Labute approximate surface area is 91.4 Å². The average Bonchev–Trinajstić information content (AvgIpc) is 2.61.